The van der Waals surface area contributed by atoms with Crippen molar-refractivity contribution in [1.29, 1.82) is 0 Å². The molecule has 0 radical (unpaired) electrons. The van der Waals surface area contributed by atoms with E-state index in [0.29, 0.717) is 0 Å². The van der Waals surface area contributed by atoms with E-state index in [0.717, 1.165) is 79.1 Å². The van der Waals surface area contributed by atoms with Gasteiger partial charge in [-0.2, -0.15) is 29.8 Å². The van der Waals surface area contributed by atoms with Crippen LogP contribution in [0.15, 0.2) is 207 Å². The Labute approximate surface area is 515 Å². The van der Waals surface area contributed by atoms with Crippen molar-refractivity contribution in [3.05, 3.63) is 207 Å². The Kier molecular flexibility index (Phi) is 17.4. The van der Waals surface area contributed by atoms with Crippen molar-refractivity contribution in [1.82, 2.24) is 39.1 Å². The number of hydrogen-bond acceptors (Lipinski definition) is 4. The van der Waals surface area contributed by atoms with Crippen molar-refractivity contribution in [2.45, 2.75) is 179 Å². The van der Waals surface area contributed by atoms with Crippen LogP contribution >= 0.6 is 14.5 Å². The molecule has 4 heterocycles. The van der Waals surface area contributed by atoms with Crippen LogP contribution in [-0.4, -0.2) is 71.1 Å². The molecule has 0 bridgehead atoms. The molecule has 0 saturated heterocycles. The molecular weight excluding hydrogens is 1090 g/mol. The third kappa shape index (κ3) is 11.0. The molecule has 6 aromatic carbocycles. The molecule has 2 saturated carbocycles. The second kappa shape index (κ2) is 24.7. The standard InChI is InChI=1S/C40H48N4P.C36H44N4P/c1-40(2,3)45(34-25-15-7-16-26-34,35-27-17-8-18-28-35)36-29-30-41-44(36)39-37(31-19-9-4-10-20-31)42-43(33-23-13-6-14-24-33)38(39)32-21-11-5-12-22-32;1-34(2,3)41(35(4,5)6,36(7,8)9)30-25-26-37-40(30)33-31(27-19-13-10-14-20-27)38-39(29-23-17-12-18-24-29)32(33)28-21-15-11-16-22-28/h4-6,9-14,19-24,29-30,34-35H,7-8,15-18,25-28H2,1-3H3;10-26H,1-9H3/q2*+1. The number of hydrogen-bond donors (Lipinski definition) is 0. The van der Waals surface area contributed by atoms with Gasteiger partial charge in [0.2, 0.25) is 0 Å². The van der Waals surface area contributed by atoms with Gasteiger partial charge < -0.3 is 0 Å². The first-order chi connectivity index (χ1) is 41.3. The summed E-state index contributed by atoms with van der Waals surface area (Å²) in [6.07, 6.45) is 17.7. The van der Waals surface area contributed by atoms with E-state index >= 15 is 0 Å². The van der Waals surface area contributed by atoms with Crippen molar-refractivity contribution in [2.75, 3.05) is 0 Å². The fourth-order valence-electron chi connectivity index (χ4n) is 16.6. The summed E-state index contributed by atoms with van der Waals surface area (Å²) in [6, 6.07) is 68.6. The Hall–Kier alpha value is -6.98. The van der Waals surface area contributed by atoms with E-state index in [1.54, 1.807) is 0 Å². The van der Waals surface area contributed by atoms with Gasteiger partial charge in [-0.15, -0.1) is 0 Å². The monoisotopic (exact) mass is 1180 g/mol. The Bertz CT molecular complexity index is 3750. The summed E-state index contributed by atoms with van der Waals surface area (Å²) in [5, 5.41) is 21.6. The van der Waals surface area contributed by atoms with Crippen LogP contribution in [0.4, 0.5) is 0 Å². The Balaban J connectivity index is 0.000000180. The van der Waals surface area contributed by atoms with E-state index in [4.69, 9.17) is 20.4 Å². The first-order valence-corrected chi connectivity index (χ1v) is 35.5. The van der Waals surface area contributed by atoms with Crippen LogP contribution in [0.1, 0.15) is 147 Å². The van der Waals surface area contributed by atoms with E-state index in [1.807, 2.05) is 6.20 Å². The predicted molar refractivity (Wildman–Crippen MR) is 369 cm³/mol. The van der Waals surface area contributed by atoms with Crippen molar-refractivity contribution in [3.63, 3.8) is 0 Å². The van der Waals surface area contributed by atoms with Gasteiger partial charge in [-0.05, 0) is 159 Å². The molecule has 2 fully saturated rings. The molecular formula is C76H92N8P2+2. The first kappa shape index (κ1) is 60.7. The number of benzene rings is 6. The van der Waals surface area contributed by atoms with Crippen LogP contribution in [0.3, 0.4) is 0 Å². The molecule has 0 N–H and O–H groups in total. The lowest BCUT2D eigenvalue weighted by Gasteiger charge is -2.53. The predicted octanol–water partition coefficient (Wildman–Crippen LogP) is 19.9. The summed E-state index contributed by atoms with van der Waals surface area (Å²) < 4.78 is 8.92. The first-order valence-electron chi connectivity index (χ1n) is 31.8. The number of rotatable bonds is 12. The minimum absolute atomic E-state index is 0.0243. The molecule has 2 aliphatic rings. The van der Waals surface area contributed by atoms with Crippen LogP contribution < -0.4 is 10.9 Å². The zero-order valence-corrected chi connectivity index (χ0v) is 55.1. The van der Waals surface area contributed by atoms with Gasteiger partial charge in [-0.1, -0.05) is 171 Å². The molecule has 0 spiro atoms. The molecule has 444 valence electrons. The minimum Gasteiger partial charge on any atom is -0.230 e. The van der Waals surface area contributed by atoms with Crippen molar-refractivity contribution in [2.24, 2.45) is 0 Å². The molecule has 10 heteroatoms. The fraction of sp³-hybridized carbons (Fsp3) is 0.368. The van der Waals surface area contributed by atoms with Gasteiger partial charge in [-0.3, -0.25) is 0 Å². The molecule has 0 unspecified atom stereocenters. The maximum absolute atomic E-state index is 5.46. The van der Waals surface area contributed by atoms with E-state index in [1.165, 1.54) is 75.1 Å². The largest absolute Gasteiger partial charge is 0.230 e. The molecule has 2 aliphatic carbocycles. The highest BCUT2D eigenvalue weighted by Gasteiger charge is 2.68. The normalized spacial score (nSPS) is 15.1. The van der Waals surface area contributed by atoms with E-state index in [-0.39, 0.29) is 20.6 Å². The Morgan fingerprint density at radius 1 is 0.326 bits per heavy atom. The number of nitrogens with zero attached hydrogens (tertiary/aromatic N) is 8. The molecule has 0 aliphatic heterocycles. The lowest BCUT2D eigenvalue weighted by atomic mass is 9.99. The summed E-state index contributed by atoms with van der Waals surface area (Å²) in [5.41, 5.74) is 17.0. The van der Waals surface area contributed by atoms with Crippen molar-refractivity contribution in [3.8, 4) is 67.8 Å². The average Bonchev–Trinajstić information content (AvgIpc) is 1.37. The van der Waals surface area contributed by atoms with Crippen LogP contribution in [0.5, 0.6) is 0 Å². The SMILES string of the molecule is CC(C)(C)[P+](c1ccnn1-c1c(-c2ccccc2)nn(-c2ccccc2)c1-c1ccccc1)(C(C)(C)C)C(C)(C)C.CC(C)(C)[P+](c1ccnn1-c1c(-c2ccccc2)nn(-c2ccccc2)c1-c1ccccc1)(C1CCCCC1)C1CCCCC1. The maximum Gasteiger partial charge on any atom is 0.187 e. The fourth-order valence-corrected chi connectivity index (χ4v) is 32.8. The highest BCUT2D eigenvalue weighted by Crippen LogP contribution is 2.82. The highest BCUT2D eigenvalue weighted by atomic mass is 31.2. The molecule has 4 aromatic heterocycles. The average molecular weight is 1180 g/mol. The second-order valence-corrected chi connectivity index (χ2v) is 38.6. The molecule has 0 amide bonds. The third-order valence-electron chi connectivity index (χ3n) is 18.7. The smallest absolute Gasteiger partial charge is 0.187 e. The number of para-hydroxylation sites is 2. The summed E-state index contributed by atoms with van der Waals surface area (Å²) in [4.78, 5) is 0. The van der Waals surface area contributed by atoms with Gasteiger partial charge in [0, 0.05) is 34.4 Å². The van der Waals surface area contributed by atoms with Gasteiger partial charge in [0.15, 0.2) is 10.9 Å². The van der Waals surface area contributed by atoms with Crippen LogP contribution in [0.25, 0.3) is 67.8 Å². The van der Waals surface area contributed by atoms with Gasteiger partial charge in [0.1, 0.15) is 34.2 Å². The van der Waals surface area contributed by atoms with Crippen LogP contribution in [0, 0.1) is 0 Å². The van der Waals surface area contributed by atoms with E-state index < -0.39 is 14.5 Å². The Morgan fingerprint density at radius 2 is 0.628 bits per heavy atom. The molecule has 8 nitrogen and oxygen atoms in total. The van der Waals surface area contributed by atoms with E-state index in [2.05, 4.69) is 302 Å². The molecule has 10 aromatic rings. The highest BCUT2D eigenvalue weighted by molar-refractivity contribution is 7.86. The maximum atomic E-state index is 5.46. The van der Waals surface area contributed by atoms with Gasteiger partial charge >= 0.3 is 0 Å². The summed E-state index contributed by atoms with van der Waals surface area (Å²) in [6.45, 7) is 29.6. The summed E-state index contributed by atoms with van der Waals surface area (Å²) in [5.74, 6) is 0. The van der Waals surface area contributed by atoms with E-state index in [9.17, 15) is 0 Å². The molecule has 12 rings (SSSR count). The zero-order chi connectivity index (χ0) is 60.5. The van der Waals surface area contributed by atoms with Gasteiger partial charge in [0.05, 0.1) is 70.2 Å². The van der Waals surface area contributed by atoms with Crippen molar-refractivity contribution < 1.29 is 0 Å². The quantitative estimate of drug-likeness (QED) is 0.114. The summed E-state index contributed by atoms with van der Waals surface area (Å²) >= 11 is 0. The molecule has 0 atom stereocenters. The van der Waals surface area contributed by atoms with Crippen molar-refractivity contribution >= 4 is 25.4 Å². The minimum atomic E-state index is -1.98. The van der Waals surface area contributed by atoms with Gasteiger partial charge in [0.25, 0.3) is 0 Å². The third-order valence-corrected chi connectivity index (χ3v) is 32.4. The topological polar surface area (TPSA) is 71.3 Å². The lowest BCUT2D eigenvalue weighted by molar-refractivity contribution is 0.470. The number of aromatic nitrogens is 8. The Morgan fingerprint density at radius 3 is 0.953 bits per heavy atom. The molecule has 86 heavy (non-hydrogen) atoms. The van der Waals surface area contributed by atoms with Crippen LogP contribution in [0.2, 0.25) is 0 Å². The van der Waals surface area contributed by atoms with Gasteiger partial charge in [-0.25, -0.2) is 9.36 Å². The second-order valence-electron chi connectivity index (χ2n) is 28.0. The summed E-state index contributed by atoms with van der Waals surface area (Å²) in [7, 11) is -3.74. The van der Waals surface area contributed by atoms with Crippen LogP contribution in [-0.2, 0) is 0 Å². The zero-order valence-electron chi connectivity index (χ0n) is 53.3. The lowest BCUT2D eigenvalue weighted by Crippen LogP contribution is -2.51.